The quantitative estimate of drug-likeness (QED) is 0.0909. The number of fused-ring (bicyclic) bond motifs is 3. The summed E-state index contributed by atoms with van der Waals surface area (Å²) in [7, 11) is 4.84. The van der Waals surface area contributed by atoms with E-state index in [0.29, 0.717) is 67.0 Å². The zero-order chi connectivity index (χ0) is 35.0. The molecule has 2 aliphatic rings. The third-order valence-electron chi connectivity index (χ3n) is 9.66. The van der Waals surface area contributed by atoms with Gasteiger partial charge in [0.15, 0.2) is 24.6 Å². The van der Waals surface area contributed by atoms with Crippen LogP contribution in [0.3, 0.4) is 0 Å². The first-order valence-electron chi connectivity index (χ1n) is 17.1. The van der Waals surface area contributed by atoms with Gasteiger partial charge in [-0.05, 0) is 65.0 Å². The first kappa shape index (κ1) is 36.7. The minimum atomic E-state index is -0.868. The molecule has 0 aliphatic carbocycles. The first-order chi connectivity index (χ1) is 23.7. The molecule has 0 amide bonds. The fourth-order valence-corrected chi connectivity index (χ4v) is 6.65. The summed E-state index contributed by atoms with van der Waals surface area (Å²) in [6.45, 7) is 10.2. The number of aliphatic hydroxyl groups excluding tert-OH is 1. The van der Waals surface area contributed by atoms with E-state index >= 15 is 0 Å². The molecule has 3 aromatic rings. The van der Waals surface area contributed by atoms with Crippen LogP contribution in [0.4, 0.5) is 0 Å². The minimum absolute atomic E-state index is 0.0237. The number of hydrogen-bond donors (Lipinski definition) is 1. The van der Waals surface area contributed by atoms with Crippen LogP contribution in [-0.4, -0.2) is 78.2 Å². The van der Waals surface area contributed by atoms with E-state index in [1.54, 1.807) is 21.3 Å². The maximum absolute atomic E-state index is 12.0. The van der Waals surface area contributed by atoms with Crippen molar-refractivity contribution < 1.29 is 47.7 Å². The second kappa shape index (κ2) is 16.9. The van der Waals surface area contributed by atoms with E-state index in [1.807, 2.05) is 70.2 Å². The SMILES string of the molecule is COCCOCOc1cc2c(OC)c(OC)c(C)c(OCc3ccccc3)c2c2c1[C@@](C)([C@H](O)C/C=C(/C)COC1CCCCO1)[C@@H](C)O2. The summed E-state index contributed by atoms with van der Waals surface area (Å²) < 4.78 is 54.1. The van der Waals surface area contributed by atoms with Crippen molar-refractivity contribution in [1.29, 1.82) is 0 Å². The summed E-state index contributed by atoms with van der Waals surface area (Å²) in [5.74, 6) is 2.78. The summed E-state index contributed by atoms with van der Waals surface area (Å²) in [6.07, 6.45) is 4.08. The molecule has 4 atom stereocenters. The fraction of sp³-hybridized carbons (Fsp3) is 0.538. The minimum Gasteiger partial charge on any atom is -0.492 e. The number of hydrogen-bond acceptors (Lipinski definition) is 10. The number of aliphatic hydroxyl groups is 1. The van der Waals surface area contributed by atoms with Gasteiger partial charge in [0.05, 0.1) is 50.9 Å². The molecule has 49 heavy (non-hydrogen) atoms. The molecule has 0 spiro atoms. The molecule has 0 saturated carbocycles. The Kier molecular flexibility index (Phi) is 12.7. The average molecular weight is 681 g/mol. The van der Waals surface area contributed by atoms with Crippen molar-refractivity contribution in [2.45, 2.75) is 83.9 Å². The van der Waals surface area contributed by atoms with Crippen LogP contribution in [0.5, 0.6) is 28.7 Å². The maximum atomic E-state index is 12.0. The summed E-state index contributed by atoms with van der Waals surface area (Å²) in [6, 6.07) is 11.9. The van der Waals surface area contributed by atoms with Gasteiger partial charge in [-0.1, -0.05) is 42.0 Å². The Morgan fingerprint density at radius 2 is 1.82 bits per heavy atom. The van der Waals surface area contributed by atoms with E-state index in [1.165, 1.54) is 0 Å². The molecule has 10 nitrogen and oxygen atoms in total. The van der Waals surface area contributed by atoms with Gasteiger partial charge in [-0.15, -0.1) is 0 Å². The van der Waals surface area contributed by atoms with Gasteiger partial charge < -0.3 is 47.7 Å². The van der Waals surface area contributed by atoms with Gasteiger partial charge in [0.2, 0.25) is 0 Å². The van der Waals surface area contributed by atoms with Gasteiger partial charge in [-0.25, -0.2) is 0 Å². The maximum Gasteiger partial charge on any atom is 0.189 e. The topological polar surface area (TPSA) is 103 Å². The van der Waals surface area contributed by atoms with Crippen molar-refractivity contribution >= 4 is 10.8 Å². The Labute approximate surface area is 290 Å². The van der Waals surface area contributed by atoms with Crippen LogP contribution in [0.15, 0.2) is 48.0 Å². The smallest absolute Gasteiger partial charge is 0.189 e. The highest BCUT2D eigenvalue weighted by atomic mass is 16.7. The van der Waals surface area contributed by atoms with Crippen LogP contribution in [-0.2, 0) is 31.0 Å². The molecule has 0 bridgehead atoms. The second-order valence-corrected chi connectivity index (χ2v) is 12.9. The summed E-state index contributed by atoms with van der Waals surface area (Å²) in [5, 5.41) is 13.4. The van der Waals surface area contributed by atoms with Crippen LogP contribution >= 0.6 is 0 Å². The van der Waals surface area contributed by atoms with Gasteiger partial charge in [-0.3, -0.25) is 0 Å². The van der Waals surface area contributed by atoms with Crippen LogP contribution < -0.4 is 23.7 Å². The predicted octanol–water partition coefficient (Wildman–Crippen LogP) is 7.02. The predicted molar refractivity (Wildman–Crippen MR) is 187 cm³/mol. The Balaban J connectivity index is 1.58. The molecule has 1 fully saturated rings. The molecule has 0 radical (unpaired) electrons. The standard InChI is InChI=1S/C39H52O10/c1-25(22-46-32-15-11-12-18-45-32)16-17-31(40)39(4)27(3)49-38-33-29(21-30(34(38)39)48-24-44-20-19-41-5)37(43-7)36(42-6)26(2)35(33)47-23-28-13-9-8-10-14-28/h8-10,13-14,16,21,27,31-32,40H,11-12,15,17-20,22-24H2,1-7H3/b25-16-/t27-,31-,32?,39-/m1/s1. The summed E-state index contributed by atoms with van der Waals surface area (Å²) >= 11 is 0. The Hall–Kier alpha value is -3.54. The average Bonchev–Trinajstić information content (AvgIpc) is 3.40. The highest BCUT2D eigenvalue weighted by molar-refractivity contribution is 6.04. The zero-order valence-corrected chi connectivity index (χ0v) is 30.0. The zero-order valence-electron chi connectivity index (χ0n) is 30.0. The summed E-state index contributed by atoms with van der Waals surface area (Å²) in [4.78, 5) is 0. The molecule has 10 heteroatoms. The normalized spacial score (nSPS) is 21.3. The molecule has 1 saturated heterocycles. The van der Waals surface area contributed by atoms with Crippen molar-refractivity contribution in [1.82, 2.24) is 0 Å². The Bertz CT molecular complexity index is 1570. The third-order valence-corrected chi connectivity index (χ3v) is 9.66. The van der Waals surface area contributed by atoms with Gasteiger partial charge in [0, 0.05) is 30.2 Å². The highest BCUT2D eigenvalue weighted by Crippen LogP contribution is 2.59. The van der Waals surface area contributed by atoms with Crippen molar-refractivity contribution in [3.05, 3.63) is 64.7 Å². The lowest BCUT2D eigenvalue weighted by Gasteiger charge is -2.34. The van der Waals surface area contributed by atoms with Crippen LogP contribution in [0.2, 0.25) is 0 Å². The molecule has 3 aromatic carbocycles. The van der Waals surface area contributed by atoms with Crippen molar-refractivity contribution in [2.75, 3.05) is 54.5 Å². The first-order valence-corrected chi connectivity index (χ1v) is 17.1. The monoisotopic (exact) mass is 680 g/mol. The van der Waals surface area contributed by atoms with E-state index in [9.17, 15) is 5.11 Å². The molecular weight excluding hydrogens is 628 g/mol. The van der Waals surface area contributed by atoms with E-state index in [-0.39, 0.29) is 13.1 Å². The van der Waals surface area contributed by atoms with Gasteiger partial charge in [-0.2, -0.15) is 0 Å². The van der Waals surface area contributed by atoms with Gasteiger partial charge in [0.1, 0.15) is 30.0 Å². The fourth-order valence-electron chi connectivity index (χ4n) is 6.65. The second-order valence-electron chi connectivity index (χ2n) is 12.9. The molecule has 5 rings (SSSR count). The van der Waals surface area contributed by atoms with Crippen LogP contribution in [0.1, 0.15) is 63.1 Å². The largest absolute Gasteiger partial charge is 0.492 e. The lowest BCUT2D eigenvalue weighted by molar-refractivity contribution is -0.156. The molecule has 1 N–H and O–H groups in total. The van der Waals surface area contributed by atoms with Gasteiger partial charge in [0.25, 0.3) is 0 Å². The Morgan fingerprint density at radius 3 is 2.51 bits per heavy atom. The van der Waals surface area contributed by atoms with Crippen LogP contribution in [0.25, 0.3) is 10.8 Å². The van der Waals surface area contributed by atoms with Crippen molar-refractivity contribution in [2.24, 2.45) is 0 Å². The van der Waals surface area contributed by atoms with E-state index in [2.05, 4.69) is 0 Å². The van der Waals surface area contributed by atoms with Gasteiger partial charge >= 0.3 is 0 Å². The molecule has 0 aromatic heterocycles. The summed E-state index contributed by atoms with van der Waals surface area (Å²) in [5.41, 5.74) is 2.68. The van der Waals surface area contributed by atoms with Crippen LogP contribution in [0, 0.1) is 6.92 Å². The molecular formula is C39H52O10. The third kappa shape index (κ3) is 7.94. The van der Waals surface area contributed by atoms with Crippen molar-refractivity contribution in [3.8, 4) is 28.7 Å². The number of benzene rings is 3. The highest BCUT2D eigenvalue weighted by Gasteiger charge is 2.51. The van der Waals surface area contributed by atoms with E-state index < -0.39 is 17.6 Å². The molecule has 1 unspecified atom stereocenters. The lowest BCUT2D eigenvalue weighted by Crippen LogP contribution is -2.44. The van der Waals surface area contributed by atoms with E-state index in [0.717, 1.165) is 53.5 Å². The Morgan fingerprint density at radius 1 is 1.04 bits per heavy atom. The lowest BCUT2D eigenvalue weighted by atomic mass is 9.72. The molecule has 2 aliphatic heterocycles. The molecule has 268 valence electrons. The number of ether oxygens (including phenoxy) is 9. The molecule has 2 heterocycles. The number of methoxy groups -OCH3 is 3. The number of rotatable bonds is 17. The van der Waals surface area contributed by atoms with E-state index in [4.69, 9.17) is 42.6 Å². The van der Waals surface area contributed by atoms with Crippen molar-refractivity contribution in [3.63, 3.8) is 0 Å².